The quantitative estimate of drug-likeness (QED) is 0.263. The number of rotatable bonds is 3. The van der Waals surface area contributed by atoms with Gasteiger partial charge in [-0.1, -0.05) is 62.1 Å². The summed E-state index contributed by atoms with van der Waals surface area (Å²) < 4.78 is 45.4. The molecule has 0 saturated heterocycles. The number of fused-ring (bicyclic) bond motifs is 4. The summed E-state index contributed by atoms with van der Waals surface area (Å²) in [6.45, 7) is 2.11. The van der Waals surface area contributed by atoms with Gasteiger partial charge in [-0.05, 0) is 78.4 Å². The standard InChI is InChI=1S/C35H35N2O/c1-22-10-16-29-30-17-15-28(21-36)33(35(30)38-34(29)32(22)31-9-5-6-18-37(31)2)27-14-13-25-19-24(11-12-26(25)20-27)23-7-3-4-8-23/h5-6,10,13-18,20,23-24,31H,3-4,7-9,11-12,19H2,1-2H3/q+1/t24?,31-/m1/s1/i12D2,19D2. The monoisotopic (exact) mass is 503 g/mol. The molecule has 3 heteroatoms. The number of benzene rings is 3. The van der Waals surface area contributed by atoms with Gasteiger partial charge in [0.05, 0.1) is 17.2 Å². The molecule has 3 aliphatic rings. The normalized spacial score (nSPS) is 25.8. The van der Waals surface area contributed by atoms with Crippen molar-refractivity contribution < 1.29 is 14.5 Å². The predicted molar refractivity (Wildman–Crippen MR) is 155 cm³/mol. The third-order valence-electron chi connectivity index (χ3n) is 8.96. The van der Waals surface area contributed by atoms with Crippen molar-refractivity contribution in [2.75, 3.05) is 7.05 Å². The molecule has 4 aromatic rings. The Balaban J connectivity index is 1.43. The molecule has 0 radical (unpaired) electrons. The molecule has 38 heavy (non-hydrogen) atoms. The van der Waals surface area contributed by atoms with Crippen molar-refractivity contribution in [2.24, 2.45) is 11.8 Å². The molecule has 1 aromatic heterocycles. The molecule has 2 heterocycles. The first-order valence-corrected chi connectivity index (χ1v) is 13.9. The molecular weight excluding hydrogens is 464 g/mol. The van der Waals surface area contributed by atoms with Crippen molar-refractivity contribution in [1.29, 1.82) is 5.26 Å². The van der Waals surface area contributed by atoms with Gasteiger partial charge in [0.15, 0.2) is 12.3 Å². The fourth-order valence-electron chi connectivity index (χ4n) is 6.90. The van der Waals surface area contributed by atoms with Crippen LogP contribution >= 0.6 is 0 Å². The summed E-state index contributed by atoms with van der Waals surface area (Å²) in [7, 11) is 2.07. The van der Waals surface area contributed by atoms with Crippen LogP contribution in [0, 0.1) is 30.1 Å². The van der Waals surface area contributed by atoms with E-state index < -0.39 is 12.7 Å². The van der Waals surface area contributed by atoms with E-state index in [1.807, 2.05) is 18.2 Å². The highest BCUT2D eigenvalue weighted by atomic mass is 16.3. The van der Waals surface area contributed by atoms with Gasteiger partial charge in [0.1, 0.15) is 18.2 Å². The third-order valence-corrected chi connectivity index (χ3v) is 8.96. The smallest absolute Gasteiger partial charge is 0.185 e. The van der Waals surface area contributed by atoms with E-state index in [4.69, 9.17) is 9.90 Å². The van der Waals surface area contributed by atoms with Gasteiger partial charge in [0, 0.05) is 28.2 Å². The Morgan fingerprint density at radius 3 is 2.61 bits per heavy atom. The van der Waals surface area contributed by atoms with E-state index in [0.29, 0.717) is 33.4 Å². The molecule has 0 spiro atoms. The van der Waals surface area contributed by atoms with Crippen LogP contribution in [0.2, 0.25) is 0 Å². The Bertz CT molecular complexity index is 1850. The molecule has 1 unspecified atom stereocenters. The molecule has 0 amide bonds. The van der Waals surface area contributed by atoms with E-state index in [9.17, 15) is 5.26 Å². The van der Waals surface area contributed by atoms with Crippen LogP contribution in [0.3, 0.4) is 0 Å². The Kier molecular flexibility index (Phi) is 4.74. The van der Waals surface area contributed by atoms with E-state index in [1.165, 1.54) is 0 Å². The van der Waals surface area contributed by atoms with Crippen LogP contribution in [0.25, 0.3) is 33.1 Å². The summed E-state index contributed by atoms with van der Waals surface area (Å²) >= 11 is 0. The van der Waals surface area contributed by atoms with Crippen LogP contribution in [0.1, 0.15) is 77.9 Å². The van der Waals surface area contributed by atoms with Crippen LogP contribution < -0.4 is 0 Å². The summed E-state index contributed by atoms with van der Waals surface area (Å²) in [5.41, 5.74) is 6.29. The number of aryl methyl sites for hydroxylation is 2. The Morgan fingerprint density at radius 1 is 0.974 bits per heavy atom. The minimum absolute atomic E-state index is 0.129. The molecule has 0 N–H and O–H groups in total. The van der Waals surface area contributed by atoms with Gasteiger partial charge in [-0.2, -0.15) is 5.26 Å². The molecule has 190 valence electrons. The van der Waals surface area contributed by atoms with Crippen LogP contribution in [0.5, 0.6) is 0 Å². The Morgan fingerprint density at radius 2 is 1.79 bits per heavy atom. The lowest BCUT2D eigenvalue weighted by atomic mass is 9.76. The molecule has 1 fully saturated rings. The first-order chi connectivity index (χ1) is 20.1. The summed E-state index contributed by atoms with van der Waals surface area (Å²) in [5, 5.41) is 12.1. The van der Waals surface area contributed by atoms with Gasteiger partial charge in [0.2, 0.25) is 0 Å². The summed E-state index contributed by atoms with van der Waals surface area (Å²) in [4.78, 5) is 0. The number of nitriles is 1. The lowest BCUT2D eigenvalue weighted by molar-refractivity contribution is -0.540. The number of furan rings is 1. The lowest BCUT2D eigenvalue weighted by Crippen LogP contribution is -2.20. The van der Waals surface area contributed by atoms with Crippen LogP contribution in [0.15, 0.2) is 59.0 Å². The topological polar surface area (TPSA) is 39.9 Å². The Labute approximate surface area is 230 Å². The molecular formula is C35H35N2O+. The maximum Gasteiger partial charge on any atom is 0.185 e. The number of hydrogen-bond acceptors (Lipinski definition) is 2. The minimum atomic E-state index is -1.67. The van der Waals surface area contributed by atoms with E-state index in [2.05, 4.69) is 55.1 Å². The van der Waals surface area contributed by atoms with E-state index in [1.54, 1.807) is 12.1 Å². The first kappa shape index (κ1) is 19.4. The van der Waals surface area contributed by atoms with Gasteiger partial charge in [-0.15, -0.1) is 0 Å². The van der Waals surface area contributed by atoms with Crippen molar-refractivity contribution in [3.05, 3.63) is 82.4 Å². The number of hydrogen-bond donors (Lipinski definition) is 0. The maximum absolute atomic E-state index is 10.2. The van der Waals surface area contributed by atoms with Crippen LogP contribution in [-0.2, 0) is 12.7 Å². The molecule has 0 bridgehead atoms. The highest BCUT2D eigenvalue weighted by Gasteiger charge is 2.30. The van der Waals surface area contributed by atoms with E-state index in [-0.39, 0.29) is 24.3 Å². The molecule has 2 aliphatic carbocycles. The highest BCUT2D eigenvalue weighted by molar-refractivity contribution is 6.11. The number of allylic oxidation sites excluding steroid dienone is 1. The Hall–Kier alpha value is -3.64. The zero-order valence-corrected chi connectivity index (χ0v) is 22.1. The lowest BCUT2D eigenvalue weighted by Gasteiger charge is -2.29. The molecule has 7 rings (SSSR count). The predicted octanol–water partition coefficient (Wildman–Crippen LogP) is 8.44. The molecule has 3 aromatic carbocycles. The maximum atomic E-state index is 10.2. The van der Waals surface area contributed by atoms with Crippen molar-refractivity contribution in [1.82, 2.24) is 0 Å². The minimum Gasteiger partial charge on any atom is -0.455 e. The van der Waals surface area contributed by atoms with Gasteiger partial charge in [0.25, 0.3) is 0 Å². The van der Waals surface area contributed by atoms with E-state index >= 15 is 0 Å². The van der Waals surface area contributed by atoms with E-state index in [0.717, 1.165) is 59.6 Å². The van der Waals surface area contributed by atoms with Crippen LogP contribution in [0.4, 0.5) is 0 Å². The summed E-state index contributed by atoms with van der Waals surface area (Å²) in [6, 6.07) is 15.8. The van der Waals surface area contributed by atoms with Gasteiger partial charge in [-0.3, -0.25) is 0 Å². The average molecular weight is 504 g/mol. The second-order valence-electron chi connectivity index (χ2n) is 11.2. The SMILES string of the molecule is [2H]C1([2H])CC(C2CCCC2)C([2H])([2H])c2ccc(-c3c(C#N)ccc4c3oc3c([C@H]5CC=CC=[N+]5C)c(C)ccc34)cc21. The molecule has 3 nitrogen and oxygen atoms in total. The average Bonchev–Trinajstić information content (AvgIpc) is 3.63. The van der Waals surface area contributed by atoms with Crippen molar-refractivity contribution >= 4 is 28.2 Å². The van der Waals surface area contributed by atoms with Gasteiger partial charge < -0.3 is 4.42 Å². The molecule has 2 atom stereocenters. The fraction of sp³-hybridized carbons (Fsp3) is 0.371. The van der Waals surface area contributed by atoms with Crippen molar-refractivity contribution in [2.45, 2.75) is 64.2 Å². The zero-order chi connectivity index (χ0) is 29.4. The first-order valence-electron chi connectivity index (χ1n) is 15.9. The zero-order valence-electron chi connectivity index (χ0n) is 26.1. The van der Waals surface area contributed by atoms with Gasteiger partial charge >= 0.3 is 0 Å². The second kappa shape index (κ2) is 9.28. The molecule has 1 aliphatic heterocycles. The van der Waals surface area contributed by atoms with Crippen LogP contribution in [-0.4, -0.2) is 17.8 Å². The van der Waals surface area contributed by atoms with Gasteiger partial charge in [-0.25, -0.2) is 4.58 Å². The highest BCUT2D eigenvalue weighted by Crippen LogP contribution is 2.44. The second-order valence-corrected chi connectivity index (χ2v) is 11.2. The third kappa shape index (κ3) is 3.73. The summed E-state index contributed by atoms with van der Waals surface area (Å²) in [5.74, 6) is -0.125. The molecule has 1 saturated carbocycles. The van der Waals surface area contributed by atoms with Crippen molar-refractivity contribution in [3.63, 3.8) is 0 Å². The summed E-state index contributed by atoms with van der Waals surface area (Å²) in [6.07, 6.45) is 8.20. The fourth-order valence-corrected chi connectivity index (χ4v) is 6.90. The van der Waals surface area contributed by atoms with Crippen molar-refractivity contribution in [3.8, 4) is 17.2 Å². The largest absolute Gasteiger partial charge is 0.455 e. The number of nitrogens with zero attached hydrogens (tertiary/aromatic N) is 2.